The van der Waals surface area contributed by atoms with Gasteiger partial charge in [-0.25, -0.2) is 4.98 Å². The molecule has 6 rings (SSSR count). The molecule has 3 saturated carbocycles. The minimum Gasteiger partial charge on any atom is -0.372 e. The monoisotopic (exact) mass is 687 g/mol. The summed E-state index contributed by atoms with van der Waals surface area (Å²) >= 11 is 0. The highest BCUT2D eigenvalue weighted by Gasteiger charge is 2.59. The molecule has 2 heterocycles. The van der Waals surface area contributed by atoms with Crippen LogP contribution >= 0.6 is 24.8 Å². The van der Waals surface area contributed by atoms with Gasteiger partial charge in [-0.15, -0.1) is 24.8 Å². The number of fused-ring (bicyclic) bond motifs is 5. The van der Waals surface area contributed by atoms with Crippen LogP contribution in [-0.4, -0.2) is 80.4 Å². The Labute approximate surface area is 296 Å². The van der Waals surface area contributed by atoms with E-state index in [1.54, 1.807) is 0 Å². The lowest BCUT2D eigenvalue weighted by molar-refractivity contribution is -0.130. The molecule has 0 aromatic carbocycles. The normalized spacial score (nSPS) is 31.5. The van der Waals surface area contributed by atoms with Crippen LogP contribution in [0.5, 0.6) is 0 Å². The van der Waals surface area contributed by atoms with Crippen molar-refractivity contribution in [2.45, 2.75) is 80.1 Å². The summed E-state index contributed by atoms with van der Waals surface area (Å²) in [7, 11) is 0. The Morgan fingerprint density at radius 1 is 0.894 bits per heavy atom. The van der Waals surface area contributed by atoms with Crippen LogP contribution in [0.4, 0.5) is 17.3 Å². The van der Waals surface area contributed by atoms with Gasteiger partial charge in [0.2, 0.25) is 0 Å². The number of rotatable bonds is 10. The van der Waals surface area contributed by atoms with E-state index in [-0.39, 0.29) is 47.3 Å². The third-order valence-corrected chi connectivity index (χ3v) is 13.0. The summed E-state index contributed by atoms with van der Waals surface area (Å²) in [5.74, 6) is 4.80. The predicted octanol–water partition coefficient (Wildman–Crippen LogP) is 7.23. The maximum Gasteiger partial charge on any atom is 0.178 e. The van der Waals surface area contributed by atoms with Crippen molar-refractivity contribution < 1.29 is 9.59 Å². The van der Waals surface area contributed by atoms with Crippen LogP contribution in [0.3, 0.4) is 0 Å². The van der Waals surface area contributed by atoms with Crippen LogP contribution in [0.2, 0.25) is 0 Å². The molecule has 4 aliphatic carbocycles. The van der Waals surface area contributed by atoms with E-state index in [1.165, 1.54) is 30.5 Å². The Morgan fingerprint density at radius 3 is 2.23 bits per heavy atom. The van der Waals surface area contributed by atoms with E-state index >= 15 is 0 Å². The van der Waals surface area contributed by atoms with E-state index < -0.39 is 0 Å². The van der Waals surface area contributed by atoms with Gasteiger partial charge in [0.05, 0.1) is 6.54 Å². The highest BCUT2D eigenvalue weighted by Crippen LogP contribution is 2.66. The lowest BCUT2D eigenvalue weighted by Crippen LogP contribution is -2.52. The third-order valence-electron chi connectivity index (χ3n) is 13.0. The van der Waals surface area contributed by atoms with Crippen molar-refractivity contribution in [3.8, 4) is 0 Å². The zero-order chi connectivity index (χ0) is 31.9. The first-order chi connectivity index (χ1) is 21.6. The quantitative estimate of drug-likeness (QED) is 0.257. The Bertz CT molecular complexity index is 1300. The summed E-state index contributed by atoms with van der Waals surface area (Å²) in [6.07, 6.45) is 12.7. The van der Waals surface area contributed by atoms with E-state index in [0.29, 0.717) is 30.1 Å². The van der Waals surface area contributed by atoms with Crippen LogP contribution in [0, 0.1) is 34.5 Å². The van der Waals surface area contributed by atoms with Crippen LogP contribution in [0.1, 0.15) is 80.1 Å². The van der Waals surface area contributed by atoms with Crippen LogP contribution in [0.25, 0.3) is 0 Å². The number of allylic oxidation sites excluding steroid dienone is 4. The highest BCUT2D eigenvalue weighted by atomic mass is 35.5. The molecule has 0 bridgehead atoms. The molecule has 5 aliphatic rings. The summed E-state index contributed by atoms with van der Waals surface area (Å²) in [6, 6.07) is 4.51. The van der Waals surface area contributed by atoms with Crippen molar-refractivity contribution in [3.05, 3.63) is 35.9 Å². The topological polar surface area (TPSA) is 60.0 Å². The third kappa shape index (κ3) is 6.88. The molecule has 1 saturated heterocycles. The summed E-state index contributed by atoms with van der Waals surface area (Å²) in [5.41, 5.74) is 2.73. The number of halogens is 2. The number of ketones is 2. The van der Waals surface area contributed by atoms with Crippen molar-refractivity contribution in [1.29, 1.82) is 0 Å². The maximum atomic E-state index is 14.0. The molecule has 0 unspecified atom stereocenters. The number of carbonyl (C=O) groups excluding carboxylic acids is 2. The number of hydrogen-bond acceptors (Lipinski definition) is 7. The van der Waals surface area contributed by atoms with Crippen molar-refractivity contribution in [1.82, 2.24) is 9.88 Å². The Balaban J connectivity index is 0.00000250. The second-order valence-electron chi connectivity index (χ2n) is 14.9. The second kappa shape index (κ2) is 15.2. The smallest absolute Gasteiger partial charge is 0.178 e. The van der Waals surface area contributed by atoms with Crippen molar-refractivity contribution in [2.75, 3.05) is 73.6 Å². The van der Waals surface area contributed by atoms with Crippen molar-refractivity contribution in [2.24, 2.45) is 34.5 Å². The number of piperazine rings is 1. The zero-order valence-corrected chi connectivity index (χ0v) is 31.3. The summed E-state index contributed by atoms with van der Waals surface area (Å²) in [5, 5.41) is 0. The molecule has 0 radical (unpaired) electrons. The summed E-state index contributed by atoms with van der Waals surface area (Å²) < 4.78 is 0. The van der Waals surface area contributed by atoms with Crippen molar-refractivity contribution in [3.63, 3.8) is 0 Å². The first-order valence-electron chi connectivity index (χ1n) is 18.1. The number of carbonyl (C=O) groups is 2. The minimum atomic E-state index is 0. The summed E-state index contributed by atoms with van der Waals surface area (Å²) in [6.45, 7) is 21.7. The fraction of sp³-hybridized carbons (Fsp3) is 0.711. The molecule has 1 aromatic heterocycles. The van der Waals surface area contributed by atoms with Gasteiger partial charge in [-0.05, 0) is 102 Å². The zero-order valence-electron chi connectivity index (χ0n) is 29.7. The van der Waals surface area contributed by atoms with Gasteiger partial charge in [-0.3, -0.25) is 14.5 Å². The van der Waals surface area contributed by atoms with Gasteiger partial charge in [0.15, 0.2) is 5.78 Å². The number of anilines is 3. The van der Waals surface area contributed by atoms with Gasteiger partial charge in [-0.2, -0.15) is 0 Å². The molecule has 6 atom stereocenters. The van der Waals surface area contributed by atoms with Gasteiger partial charge in [-0.1, -0.05) is 25.5 Å². The van der Waals surface area contributed by atoms with E-state index in [4.69, 9.17) is 4.98 Å². The van der Waals surface area contributed by atoms with Gasteiger partial charge >= 0.3 is 0 Å². The number of nitrogens with zero attached hydrogens (tertiary/aromatic N) is 5. The number of aromatic nitrogens is 1. The fourth-order valence-corrected chi connectivity index (χ4v) is 10.3. The Kier molecular flexibility index (Phi) is 12.2. The maximum absolute atomic E-state index is 14.0. The largest absolute Gasteiger partial charge is 0.372 e. The molecule has 0 spiro atoms. The molecule has 1 aromatic rings. The second-order valence-corrected chi connectivity index (χ2v) is 14.9. The molecule has 0 N–H and O–H groups in total. The van der Waals surface area contributed by atoms with Gasteiger partial charge in [0.1, 0.15) is 17.4 Å². The fourth-order valence-electron chi connectivity index (χ4n) is 10.3. The Hall–Kier alpha value is -2.09. The molecule has 1 aliphatic heterocycles. The molecule has 47 heavy (non-hydrogen) atoms. The Morgan fingerprint density at radius 2 is 1.57 bits per heavy atom. The van der Waals surface area contributed by atoms with E-state index in [2.05, 4.69) is 79.4 Å². The van der Waals surface area contributed by atoms with Crippen molar-refractivity contribution >= 4 is 53.7 Å². The van der Waals surface area contributed by atoms with E-state index in [1.807, 2.05) is 12.2 Å². The highest BCUT2D eigenvalue weighted by molar-refractivity contribution is 6.01. The first kappa shape index (κ1) is 37.7. The predicted molar refractivity (Wildman–Crippen MR) is 200 cm³/mol. The average Bonchev–Trinajstić information content (AvgIpc) is 3.40. The lowest BCUT2D eigenvalue weighted by Gasteiger charge is -2.57. The molecule has 262 valence electrons. The molecule has 0 amide bonds. The van der Waals surface area contributed by atoms with E-state index in [0.717, 1.165) is 83.3 Å². The molecule has 9 heteroatoms. The number of pyridine rings is 1. The molecule has 4 fully saturated rings. The average molecular weight is 689 g/mol. The van der Waals surface area contributed by atoms with Gasteiger partial charge in [0.25, 0.3) is 0 Å². The van der Waals surface area contributed by atoms with Crippen LogP contribution < -0.4 is 14.7 Å². The molecule has 7 nitrogen and oxygen atoms in total. The summed E-state index contributed by atoms with van der Waals surface area (Å²) in [4.78, 5) is 40.9. The van der Waals surface area contributed by atoms with Crippen LogP contribution in [-0.2, 0) is 9.59 Å². The standard InChI is InChI=1S/C38H57N5O2.2ClH/c1-7-41(8-2)28-24-35(42(9-3)10-4)39-36(25-28)43-21-19-40(20-22-43)26-34(45)33-14-13-31-30-12-11-27-23-29(44)15-17-37(27,5)32(30)16-18-38(31,33)6;;/h15,17,23-25,30-33H,7-14,16,18-22,26H2,1-6H3;2*1H/t30-,31-,32-,33+,37-,38-;;/m0../s1. The molecular weight excluding hydrogens is 629 g/mol. The van der Waals surface area contributed by atoms with Crippen LogP contribution in [0.15, 0.2) is 35.9 Å². The number of Topliss-reactive ketones (excluding diaryl/α,β-unsaturated/α-hetero) is 1. The molecular formula is C38H59Cl2N5O2. The SMILES string of the molecule is CCN(CC)c1cc(N(CC)CC)nc(N2CCN(CC(=O)[C@H]3CC[C@H]4[C@@H]5CCC6=CC(=O)C=C[C@]6(C)[C@H]5CC[C@]34C)CC2)c1.Cl.Cl. The minimum absolute atomic E-state index is 0. The van der Waals surface area contributed by atoms with E-state index in [9.17, 15) is 9.59 Å². The lowest BCUT2D eigenvalue weighted by atomic mass is 9.47. The first-order valence-corrected chi connectivity index (χ1v) is 18.1. The number of hydrogen-bond donors (Lipinski definition) is 0. The van der Waals surface area contributed by atoms with Gasteiger partial charge < -0.3 is 14.7 Å². The van der Waals surface area contributed by atoms with Gasteiger partial charge in [0, 0.05) is 81.5 Å².